The molecule has 0 amide bonds. The highest BCUT2D eigenvalue weighted by Gasteiger charge is 2.10. The summed E-state index contributed by atoms with van der Waals surface area (Å²) in [5, 5.41) is 11.8. The Labute approximate surface area is 109 Å². The fraction of sp³-hybridized carbons (Fsp3) is 0.533. The quantitative estimate of drug-likeness (QED) is 0.801. The first kappa shape index (κ1) is 12.9. The lowest BCUT2D eigenvalue weighted by Crippen LogP contribution is -2.21. The van der Waals surface area contributed by atoms with E-state index in [1.807, 2.05) is 6.20 Å². The second kappa shape index (κ2) is 5.89. The zero-order chi connectivity index (χ0) is 13.0. The molecular weight excluding hydrogens is 222 g/mol. The molecule has 3 nitrogen and oxygen atoms in total. The van der Waals surface area contributed by atoms with Crippen molar-refractivity contribution in [3.05, 3.63) is 24.4 Å². The third-order valence-electron chi connectivity index (χ3n) is 3.69. The number of hydrogen-bond acceptors (Lipinski definition) is 2. The smallest absolute Gasteiger partial charge is 0.0651 e. The van der Waals surface area contributed by atoms with Gasteiger partial charge in [0.2, 0.25) is 0 Å². The predicted molar refractivity (Wildman–Crippen MR) is 77.9 cm³/mol. The minimum atomic E-state index is 0.560. The summed E-state index contributed by atoms with van der Waals surface area (Å²) in [5.74, 6) is 0.778. The fourth-order valence-corrected chi connectivity index (χ4v) is 2.25. The van der Waals surface area contributed by atoms with E-state index < -0.39 is 0 Å². The van der Waals surface area contributed by atoms with E-state index in [4.69, 9.17) is 0 Å². The van der Waals surface area contributed by atoms with E-state index >= 15 is 0 Å². The Kier molecular flexibility index (Phi) is 4.24. The van der Waals surface area contributed by atoms with Gasteiger partial charge >= 0.3 is 0 Å². The van der Waals surface area contributed by atoms with Crippen molar-refractivity contribution >= 4 is 16.6 Å². The number of aromatic nitrogens is 2. The summed E-state index contributed by atoms with van der Waals surface area (Å²) in [6.45, 7) is 6.83. The lowest BCUT2D eigenvalue weighted by atomic mass is 9.97. The molecule has 0 saturated carbocycles. The van der Waals surface area contributed by atoms with Gasteiger partial charge in [-0.25, -0.2) is 0 Å². The zero-order valence-electron chi connectivity index (χ0n) is 11.5. The monoisotopic (exact) mass is 245 g/mol. The van der Waals surface area contributed by atoms with Crippen molar-refractivity contribution in [2.75, 3.05) is 5.32 Å². The van der Waals surface area contributed by atoms with Gasteiger partial charge in [-0.1, -0.05) is 27.2 Å². The standard InChI is InChI=1S/C15H23N3/c1-4-11(3)8-13(5-2)17-14-6-7-15-12(9-14)10-16-18-15/h6-7,9-11,13,17H,4-5,8H2,1-3H3,(H,16,18). The highest BCUT2D eigenvalue weighted by Crippen LogP contribution is 2.20. The molecule has 98 valence electrons. The lowest BCUT2D eigenvalue weighted by Gasteiger charge is -2.21. The van der Waals surface area contributed by atoms with Crippen molar-refractivity contribution in [1.29, 1.82) is 0 Å². The molecule has 0 bridgehead atoms. The fourth-order valence-electron chi connectivity index (χ4n) is 2.25. The number of anilines is 1. The van der Waals surface area contributed by atoms with Gasteiger partial charge in [0.1, 0.15) is 0 Å². The van der Waals surface area contributed by atoms with E-state index in [1.54, 1.807) is 0 Å². The molecule has 2 rings (SSSR count). The molecule has 3 heteroatoms. The minimum Gasteiger partial charge on any atom is -0.382 e. The number of hydrogen-bond donors (Lipinski definition) is 2. The third kappa shape index (κ3) is 3.03. The predicted octanol–water partition coefficient (Wildman–Crippen LogP) is 4.19. The Balaban J connectivity index is 2.06. The molecule has 0 radical (unpaired) electrons. The van der Waals surface area contributed by atoms with Crippen LogP contribution < -0.4 is 5.32 Å². The van der Waals surface area contributed by atoms with Gasteiger partial charge in [-0.05, 0) is 37.0 Å². The second-order valence-corrected chi connectivity index (χ2v) is 5.17. The zero-order valence-corrected chi connectivity index (χ0v) is 11.5. The molecule has 0 spiro atoms. The van der Waals surface area contributed by atoms with Gasteiger partial charge in [0.25, 0.3) is 0 Å². The van der Waals surface area contributed by atoms with E-state index in [0.29, 0.717) is 6.04 Å². The van der Waals surface area contributed by atoms with Crippen molar-refractivity contribution < 1.29 is 0 Å². The molecule has 0 aliphatic heterocycles. The van der Waals surface area contributed by atoms with Crippen LogP contribution in [0.5, 0.6) is 0 Å². The summed E-state index contributed by atoms with van der Waals surface area (Å²) in [5.41, 5.74) is 2.29. The van der Waals surface area contributed by atoms with Gasteiger partial charge in [0, 0.05) is 17.1 Å². The minimum absolute atomic E-state index is 0.560. The molecule has 0 aliphatic rings. The van der Waals surface area contributed by atoms with Crippen LogP contribution in [0.15, 0.2) is 24.4 Å². The number of benzene rings is 1. The van der Waals surface area contributed by atoms with Gasteiger partial charge < -0.3 is 5.32 Å². The van der Waals surface area contributed by atoms with Crippen LogP contribution in [-0.4, -0.2) is 16.2 Å². The summed E-state index contributed by atoms with van der Waals surface area (Å²) in [4.78, 5) is 0. The molecule has 18 heavy (non-hydrogen) atoms. The molecule has 2 atom stereocenters. The van der Waals surface area contributed by atoms with E-state index in [2.05, 4.69) is 54.5 Å². The maximum absolute atomic E-state index is 4.05. The average Bonchev–Trinajstić information content (AvgIpc) is 2.85. The number of aromatic amines is 1. The average molecular weight is 245 g/mol. The maximum Gasteiger partial charge on any atom is 0.0651 e. The SMILES string of the molecule is CCC(C)CC(CC)Nc1ccc2[nH]ncc2c1. The van der Waals surface area contributed by atoms with E-state index in [1.165, 1.54) is 23.9 Å². The molecule has 2 unspecified atom stereocenters. The molecule has 2 N–H and O–H groups in total. The van der Waals surface area contributed by atoms with Crippen LogP contribution in [0.1, 0.15) is 40.0 Å². The Morgan fingerprint density at radius 3 is 2.83 bits per heavy atom. The molecule has 2 aromatic rings. The van der Waals surface area contributed by atoms with Crippen LogP contribution in [0.3, 0.4) is 0 Å². The Morgan fingerprint density at radius 1 is 1.28 bits per heavy atom. The Bertz CT molecular complexity index is 489. The summed E-state index contributed by atoms with van der Waals surface area (Å²) in [6.07, 6.45) is 5.51. The molecule has 0 aliphatic carbocycles. The summed E-state index contributed by atoms with van der Waals surface area (Å²) < 4.78 is 0. The molecule has 0 saturated heterocycles. The summed E-state index contributed by atoms with van der Waals surface area (Å²) >= 11 is 0. The Hall–Kier alpha value is -1.51. The third-order valence-corrected chi connectivity index (χ3v) is 3.69. The number of H-pyrrole nitrogens is 1. The first-order chi connectivity index (χ1) is 8.72. The maximum atomic E-state index is 4.05. The van der Waals surface area contributed by atoms with Crippen LogP contribution in [0.4, 0.5) is 5.69 Å². The van der Waals surface area contributed by atoms with Gasteiger partial charge in [-0.15, -0.1) is 0 Å². The highest BCUT2D eigenvalue weighted by molar-refractivity contribution is 5.81. The van der Waals surface area contributed by atoms with Crippen molar-refractivity contribution in [3.63, 3.8) is 0 Å². The van der Waals surface area contributed by atoms with E-state index in [-0.39, 0.29) is 0 Å². The van der Waals surface area contributed by atoms with Crippen molar-refractivity contribution in [2.24, 2.45) is 5.92 Å². The molecule has 0 fully saturated rings. The Morgan fingerprint density at radius 2 is 2.11 bits per heavy atom. The number of rotatable bonds is 6. The van der Waals surface area contributed by atoms with Gasteiger partial charge in [-0.2, -0.15) is 5.10 Å². The first-order valence-electron chi connectivity index (χ1n) is 6.92. The van der Waals surface area contributed by atoms with Gasteiger partial charge in [0.15, 0.2) is 0 Å². The van der Waals surface area contributed by atoms with Crippen LogP contribution in [-0.2, 0) is 0 Å². The normalized spacial score (nSPS) is 14.6. The van der Waals surface area contributed by atoms with Crippen molar-refractivity contribution in [3.8, 4) is 0 Å². The molecular formula is C15H23N3. The van der Waals surface area contributed by atoms with Crippen LogP contribution >= 0.6 is 0 Å². The lowest BCUT2D eigenvalue weighted by molar-refractivity contribution is 0.462. The van der Waals surface area contributed by atoms with Gasteiger partial charge in [0.05, 0.1) is 11.7 Å². The summed E-state index contributed by atoms with van der Waals surface area (Å²) in [6, 6.07) is 6.93. The van der Waals surface area contributed by atoms with Gasteiger partial charge in [-0.3, -0.25) is 5.10 Å². The van der Waals surface area contributed by atoms with E-state index in [0.717, 1.165) is 17.9 Å². The topological polar surface area (TPSA) is 40.7 Å². The first-order valence-corrected chi connectivity index (χ1v) is 6.92. The molecule has 1 heterocycles. The van der Waals surface area contributed by atoms with Crippen molar-refractivity contribution in [2.45, 2.75) is 46.1 Å². The van der Waals surface area contributed by atoms with Crippen LogP contribution in [0, 0.1) is 5.92 Å². The second-order valence-electron chi connectivity index (χ2n) is 5.17. The van der Waals surface area contributed by atoms with Crippen LogP contribution in [0.2, 0.25) is 0 Å². The largest absolute Gasteiger partial charge is 0.382 e. The number of nitrogens with one attached hydrogen (secondary N) is 2. The van der Waals surface area contributed by atoms with Crippen LogP contribution in [0.25, 0.3) is 10.9 Å². The summed E-state index contributed by atoms with van der Waals surface area (Å²) in [7, 11) is 0. The number of nitrogens with zero attached hydrogens (tertiary/aromatic N) is 1. The molecule has 1 aromatic heterocycles. The number of fused-ring (bicyclic) bond motifs is 1. The van der Waals surface area contributed by atoms with E-state index in [9.17, 15) is 0 Å². The van der Waals surface area contributed by atoms with Crippen molar-refractivity contribution in [1.82, 2.24) is 10.2 Å². The highest BCUT2D eigenvalue weighted by atomic mass is 15.1. The molecule has 1 aromatic carbocycles.